The van der Waals surface area contributed by atoms with E-state index in [-0.39, 0.29) is 11.5 Å². The van der Waals surface area contributed by atoms with Crippen LogP contribution in [0.4, 0.5) is 9.18 Å². The lowest BCUT2D eigenvalue weighted by atomic mass is 9.99. The Morgan fingerprint density at radius 1 is 1.37 bits per heavy atom. The maximum absolute atomic E-state index is 14.9. The van der Waals surface area contributed by atoms with E-state index in [1.165, 1.54) is 17.1 Å². The van der Waals surface area contributed by atoms with Crippen LogP contribution >= 0.6 is 23.2 Å². The van der Waals surface area contributed by atoms with Crippen molar-refractivity contribution in [3.8, 4) is 22.5 Å². The molecule has 0 radical (unpaired) electrons. The first kappa shape index (κ1) is 21.9. The molecule has 0 aliphatic carbocycles. The molecule has 0 saturated heterocycles. The van der Waals surface area contributed by atoms with Gasteiger partial charge in [-0.05, 0) is 42.8 Å². The number of amides is 2. The maximum atomic E-state index is 14.9. The number of carbonyl (C=O) groups is 1. The van der Waals surface area contributed by atoms with E-state index in [9.17, 15) is 9.18 Å². The van der Waals surface area contributed by atoms with Crippen molar-refractivity contribution >= 4 is 29.2 Å². The standard InChI is InChI=1S/C18H19Cl2FN8O/c1-4-29(22)18(30)24-9(2)16-14(21)5-10(8-23-16)12-6-11(19)7-13(20)15(12)17-25-27-28(3)26-17/h5-9H,4,22H2,1-3H3,(H,24,30). The molecule has 1 unspecified atom stereocenters. The van der Waals surface area contributed by atoms with E-state index in [0.717, 1.165) is 5.01 Å². The average Bonchev–Trinajstić information content (AvgIpc) is 3.12. The molecule has 0 spiro atoms. The largest absolute Gasteiger partial charge is 0.332 e. The SMILES string of the molecule is CCN(N)C(=O)NC(C)c1ncc(-c2cc(Cl)cc(Cl)c2-c2nnn(C)n2)cc1F. The predicted molar refractivity (Wildman–Crippen MR) is 111 cm³/mol. The zero-order valence-electron chi connectivity index (χ0n) is 16.4. The molecule has 1 atom stereocenters. The number of hydrazine groups is 1. The number of carbonyl (C=O) groups excluding carboxylic acids is 1. The second-order valence-electron chi connectivity index (χ2n) is 6.46. The summed E-state index contributed by atoms with van der Waals surface area (Å²) in [6, 6.07) is 3.21. The van der Waals surface area contributed by atoms with Gasteiger partial charge in [0.1, 0.15) is 5.82 Å². The van der Waals surface area contributed by atoms with E-state index >= 15 is 0 Å². The quantitative estimate of drug-likeness (QED) is 0.348. The number of hydrogen-bond donors (Lipinski definition) is 2. The Hall–Kier alpha value is -2.82. The third kappa shape index (κ3) is 4.50. The third-order valence-corrected chi connectivity index (χ3v) is 4.84. The van der Waals surface area contributed by atoms with Gasteiger partial charge in [0.2, 0.25) is 5.82 Å². The lowest BCUT2D eigenvalue weighted by Gasteiger charge is -2.20. The Morgan fingerprint density at radius 2 is 2.10 bits per heavy atom. The number of halogens is 3. The molecule has 2 aromatic heterocycles. The Labute approximate surface area is 181 Å². The van der Waals surface area contributed by atoms with Gasteiger partial charge in [0, 0.05) is 28.9 Å². The number of nitrogens with one attached hydrogen (secondary N) is 1. The van der Waals surface area contributed by atoms with Gasteiger partial charge in [0.05, 0.1) is 23.8 Å². The fourth-order valence-electron chi connectivity index (χ4n) is 2.81. The van der Waals surface area contributed by atoms with E-state index in [0.29, 0.717) is 33.3 Å². The summed E-state index contributed by atoms with van der Waals surface area (Å²) in [5.74, 6) is 5.20. The average molecular weight is 453 g/mol. The molecule has 0 bridgehead atoms. The van der Waals surface area contributed by atoms with E-state index in [1.54, 1.807) is 33.0 Å². The van der Waals surface area contributed by atoms with Crippen molar-refractivity contribution in [2.24, 2.45) is 12.9 Å². The first-order valence-electron chi connectivity index (χ1n) is 8.93. The summed E-state index contributed by atoms with van der Waals surface area (Å²) in [5, 5.41) is 16.2. The highest BCUT2D eigenvalue weighted by Crippen LogP contribution is 2.38. The number of pyridine rings is 1. The molecule has 30 heavy (non-hydrogen) atoms. The summed E-state index contributed by atoms with van der Waals surface area (Å²) in [4.78, 5) is 17.4. The second-order valence-corrected chi connectivity index (χ2v) is 7.30. The number of benzene rings is 1. The molecule has 2 amide bonds. The zero-order chi connectivity index (χ0) is 22.0. The van der Waals surface area contributed by atoms with E-state index in [1.807, 2.05) is 0 Å². The van der Waals surface area contributed by atoms with Gasteiger partial charge in [-0.3, -0.25) is 9.99 Å². The normalized spacial score (nSPS) is 12.0. The first-order chi connectivity index (χ1) is 14.2. The van der Waals surface area contributed by atoms with Crippen molar-refractivity contribution in [2.75, 3.05) is 6.54 Å². The second kappa shape index (κ2) is 8.90. The van der Waals surface area contributed by atoms with E-state index in [2.05, 4.69) is 25.7 Å². The van der Waals surface area contributed by atoms with Gasteiger partial charge in [-0.15, -0.1) is 10.2 Å². The zero-order valence-corrected chi connectivity index (χ0v) is 17.9. The van der Waals surface area contributed by atoms with Crippen LogP contribution in [0.2, 0.25) is 10.0 Å². The van der Waals surface area contributed by atoms with Crippen LogP contribution in [0.5, 0.6) is 0 Å². The number of nitrogens with zero attached hydrogens (tertiary/aromatic N) is 6. The number of aromatic nitrogens is 5. The smallest absolute Gasteiger partial charge is 0.329 e. The molecule has 9 nitrogen and oxygen atoms in total. The van der Waals surface area contributed by atoms with Crippen LogP contribution in [0.3, 0.4) is 0 Å². The van der Waals surface area contributed by atoms with Crippen LogP contribution in [0.1, 0.15) is 25.6 Å². The summed E-state index contributed by atoms with van der Waals surface area (Å²) >= 11 is 12.5. The summed E-state index contributed by atoms with van der Waals surface area (Å²) < 4.78 is 14.9. The molecule has 0 aliphatic rings. The summed E-state index contributed by atoms with van der Waals surface area (Å²) in [6.45, 7) is 3.64. The Balaban J connectivity index is 2.00. The van der Waals surface area contributed by atoms with Crippen molar-refractivity contribution in [1.82, 2.24) is 35.5 Å². The van der Waals surface area contributed by atoms with Crippen molar-refractivity contribution < 1.29 is 9.18 Å². The van der Waals surface area contributed by atoms with Crippen LogP contribution < -0.4 is 11.2 Å². The highest BCUT2D eigenvalue weighted by Gasteiger charge is 2.21. The number of hydrogen-bond acceptors (Lipinski definition) is 6. The van der Waals surface area contributed by atoms with Gasteiger partial charge < -0.3 is 5.32 Å². The first-order valence-corrected chi connectivity index (χ1v) is 9.68. The maximum Gasteiger partial charge on any atom is 0.332 e. The molecule has 3 rings (SSSR count). The minimum absolute atomic E-state index is 0.0592. The molecule has 0 aliphatic heterocycles. The third-order valence-electron chi connectivity index (χ3n) is 4.32. The molecule has 1 aromatic carbocycles. The van der Waals surface area contributed by atoms with Crippen molar-refractivity contribution in [1.29, 1.82) is 0 Å². The van der Waals surface area contributed by atoms with Gasteiger partial charge in [-0.25, -0.2) is 15.0 Å². The summed E-state index contributed by atoms with van der Waals surface area (Å²) in [5.41, 5.74) is 1.42. The molecule has 158 valence electrons. The van der Waals surface area contributed by atoms with Crippen molar-refractivity contribution in [2.45, 2.75) is 19.9 Å². The van der Waals surface area contributed by atoms with Crippen molar-refractivity contribution in [3.05, 3.63) is 46.0 Å². The van der Waals surface area contributed by atoms with Crippen LogP contribution in [-0.4, -0.2) is 42.8 Å². The lowest BCUT2D eigenvalue weighted by molar-refractivity contribution is 0.198. The molecule has 0 fully saturated rings. The molecule has 2 heterocycles. The van der Waals surface area contributed by atoms with E-state index < -0.39 is 17.9 Å². The number of nitrogens with two attached hydrogens (primary N) is 1. The van der Waals surface area contributed by atoms with Crippen molar-refractivity contribution in [3.63, 3.8) is 0 Å². The summed E-state index contributed by atoms with van der Waals surface area (Å²) in [7, 11) is 1.62. The van der Waals surface area contributed by atoms with Crippen LogP contribution in [0.15, 0.2) is 24.4 Å². The monoisotopic (exact) mass is 452 g/mol. The van der Waals surface area contributed by atoms with Gasteiger partial charge >= 0.3 is 6.03 Å². The topological polar surface area (TPSA) is 115 Å². The highest BCUT2D eigenvalue weighted by molar-refractivity contribution is 6.37. The Kier molecular flexibility index (Phi) is 6.49. The molecular formula is C18H19Cl2FN8O. The number of urea groups is 1. The van der Waals surface area contributed by atoms with Gasteiger partial charge in [0.25, 0.3) is 0 Å². The van der Waals surface area contributed by atoms with Gasteiger partial charge in [-0.1, -0.05) is 23.2 Å². The fourth-order valence-corrected chi connectivity index (χ4v) is 3.39. The van der Waals surface area contributed by atoms with Gasteiger partial charge in [-0.2, -0.15) is 4.80 Å². The molecular weight excluding hydrogens is 434 g/mol. The van der Waals surface area contributed by atoms with Gasteiger partial charge in [0.15, 0.2) is 0 Å². The minimum Gasteiger partial charge on any atom is -0.329 e. The predicted octanol–water partition coefficient (Wildman–Crippen LogP) is 3.35. The number of aryl methyl sites for hydroxylation is 1. The Bertz CT molecular complexity index is 1090. The van der Waals surface area contributed by atoms with Crippen LogP contribution in [0, 0.1) is 5.82 Å². The number of tetrazole rings is 1. The highest BCUT2D eigenvalue weighted by atomic mass is 35.5. The van der Waals surface area contributed by atoms with E-state index in [4.69, 9.17) is 29.0 Å². The Morgan fingerprint density at radius 3 is 2.70 bits per heavy atom. The minimum atomic E-state index is -0.701. The fraction of sp³-hybridized carbons (Fsp3) is 0.278. The number of rotatable bonds is 5. The molecule has 0 saturated carbocycles. The molecule has 12 heteroatoms. The van der Waals surface area contributed by atoms with Crippen LogP contribution in [0.25, 0.3) is 22.5 Å². The molecule has 3 aromatic rings. The summed E-state index contributed by atoms with van der Waals surface area (Å²) in [6.07, 6.45) is 1.46. The molecule has 3 N–H and O–H groups in total. The van der Waals surface area contributed by atoms with Crippen LogP contribution in [-0.2, 0) is 7.05 Å². The lowest BCUT2D eigenvalue weighted by Crippen LogP contribution is -2.45.